The second kappa shape index (κ2) is 5.09. The molecule has 1 aromatic heterocycles. The van der Waals surface area contributed by atoms with E-state index < -0.39 is 5.97 Å². The molecule has 0 spiro atoms. The van der Waals surface area contributed by atoms with Crippen molar-refractivity contribution in [1.29, 1.82) is 0 Å². The molecule has 0 saturated heterocycles. The fourth-order valence-electron chi connectivity index (χ4n) is 2.85. The summed E-state index contributed by atoms with van der Waals surface area (Å²) < 4.78 is 1.88. The highest BCUT2D eigenvalue weighted by Crippen LogP contribution is 2.32. The van der Waals surface area contributed by atoms with E-state index in [2.05, 4.69) is 18.2 Å². The summed E-state index contributed by atoms with van der Waals surface area (Å²) in [6.45, 7) is 4.00. The van der Waals surface area contributed by atoms with Crippen molar-refractivity contribution in [1.82, 2.24) is 4.57 Å². The van der Waals surface area contributed by atoms with Gasteiger partial charge in [0.05, 0.1) is 0 Å². The number of aromatic nitrogens is 1. The van der Waals surface area contributed by atoms with E-state index >= 15 is 0 Å². The van der Waals surface area contributed by atoms with Crippen molar-refractivity contribution >= 4 is 16.7 Å². The minimum absolute atomic E-state index is 0.0834. The van der Waals surface area contributed by atoms with Gasteiger partial charge in [0.2, 0.25) is 0 Å². The van der Waals surface area contributed by atoms with E-state index in [0.29, 0.717) is 5.69 Å². The van der Waals surface area contributed by atoms with Crippen molar-refractivity contribution in [2.45, 2.75) is 19.9 Å². The summed E-state index contributed by atoms with van der Waals surface area (Å²) in [5, 5.41) is 11.7. The summed E-state index contributed by atoms with van der Waals surface area (Å²) in [6.07, 6.45) is 0. The fourth-order valence-corrected chi connectivity index (χ4v) is 2.85. The zero-order valence-corrected chi connectivity index (χ0v) is 12.1. The molecule has 3 nitrogen and oxygen atoms in total. The zero-order valence-electron chi connectivity index (χ0n) is 12.1. The van der Waals surface area contributed by atoms with Crippen molar-refractivity contribution in [2.24, 2.45) is 0 Å². The largest absolute Gasteiger partial charge is 0.477 e. The monoisotopic (exact) mass is 279 g/mol. The van der Waals surface area contributed by atoms with E-state index in [1.165, 1.54) is 0 Å². The van der Waals surface area contributed by atoms with Gasteiger partial charge in [0.15, 0.2) is 0 Å². The standard InChI is InChI=1S/C18H17NO2/c1-12(2)19-16(10-11-17(19)18(20)21)15-9-5-7-13-6-3-4-8-14(13)15/h3-12H,1-2H3,(H,20,21). The van der Waals surface area contributed by atoms with Crippen LogP contribution in [0.4, 0.5) is 0 Å². The fraction of sp³-hybridized carbons (Fsp3) is 0.167. The maximum Gasteiger partial charge on any atom is 0.352 e. The van der Waals surface area contributed by atoms with Crippen molar-refractivity contribution in [3.05, 3.63) is 60.3 Å². The molecule has 0 aliphatic carbocycles. The molecule has 0 fully saturated rings. The Morgan fingerprint density at radius 2 is 1.71 bits per heavy atom. The van der Waals surface area contributed by atoms with E-state index in [1.54, 1.807) is 6.07 Å². The lowest BCUT2D eigenvalue weighted by Crippen LogP contribution is -2.11. The van der Waals surface area contributed by atoms with Gasteiger partial charge in [-0.25, -0.2) is 4.79 Å². The molecule has 3 aromatic rings. The molecular formula is C18H17NO2. The van der Waals surface area contributed by atoms with E-state index in [9.17, 15) is 9.90 Å². The molecule has 1 heterocycles. The lowest BCUT2D eigenvalue weighted by Gasteiger charge is -2.17. The average Bonchev–Trinajstić information content (AvgIpc) is 2.91. The van der Waals surface area contributed by atoms with E-state index in [-0.39, 0.29) is 6.04 Å². The van der Waals surface area contributed by atoms with Crippen LogP contribution < -0.4 is 0 Å². The molecule has 0 bridgehead atoms. The summed E-state index contributed by atoms with van der Waals surface area (Å²) in [7, 11) is 0. The molecular weight excluding hydrogens is 262 g/mol. The second-order valence-corrected chi connectivity index (χ2v) is 5.40. The van der Waals surface area contributed by atoms with Crippen LogP contribution in [0.1, 0.15) is 30.4 Å². The topological polar surface area (TPSA) is 42.2 Å². The highest BCUT2D eigenvalue weighted by Gasteiger charge is 2.18. The van der Waals surface area contributed by atoms with Crippen molar-refractivity contribution < 1.29 is 9.90 Å². The molecule has 0 atom stereocenters. The predicted octanol–water partition coefficient (Wildman–Crippen LogP) is 4.59. The first-order valence-electron chi connectivity index (χ1n) is 7.02. The Kier molecular flexibility index (Phi) is 3.26. The molecule has 3 heteroatoms. The summed E-state index contributed by atoms with van der Waals surface area (Å²) in [5.41, 5.74) is 2.33. The number of carboxylic acids is 1. The molecule has 0 unspecified atom stereocenters. The first-order chi connectivity index (χ1) is 10.1. The first-order valence-corrected chi connectivity index (χ1v) is 7.02. The highest BCUT2D eigenvalue weighted by atomic mass is 16.4. The second-order valence-electron chi connectivity index (χ2n) is 5.40. The smallest absolute Gasteiger partial charge is 0.352 e. The van der Waals surface area contributed by atoms with Gasteiger partial charge in [-0.1, -0.05) is 42.5 Å². The number of hydrogen-bond donors (Lipinski definition) is 1. The maximum absolute atomic E-state index is 11.4. The lowest BCUT2D eigenvalue weighted by atomic mass is 10.0. The quantitative estimate of drug-likeness (QED) is 0.762. The van der Waals surface area contributed by atoms with Crippen molar-refractivity contribution in [2.75, 3.05) is 0 Å². The Bertz CT molecular complexity index is 810. The minimum atomic E-state index is -0.893. The van der Waals surface area contributed by atoms with Crippen LogP contribution >= 0.6 is 0 Å². The van der Waals surface area contributed by atoms with E-state index in [0.717, 1.165) is 22.0 Å². The molecule has 0 radical (unpaired) electrons. The van der Waals surface area contributed by atoms with Gasteiger partial charge in [-0.15, -0.1) is 0 Å². The number of carboxylic acid groups (broad SMARTS) is 1. The minimum Gasteiger partial charge on any atom is -0.477 e. The lowest BCUT2D eigenvalue weighted by molar-refractivity contribution is 0.0683. The Hall–Kier alpha value is -2.55. The molecule has 0 saturated carbocycles. The zero-order chi connectivity index (χ0) is 15.0. The predicted molar refractivity (Wildman–Crippen MR) is 84.7 cm³/mol. The van der Waals surface area contributed by atoms with Crippen LogP contribution in [0.5, 0.6) is 0 Å². The van der Waals surface area contributed by atoms with E-state index in [4.69, 9.17) is 0 Å². The van der Waals surface area contributed by atoms with Gasteiger partial charge in [-0.2, -0.15) is 0 Å². The molecule has 0 aliphatic heterocycles. The third kappa shape index (κ3) is 2.21. The van der Waals surface area contributed by atoms with Gasteiger partial charge < -0.3 is 9.67 Å². The van der Waals surface area contributed by atoms with Crippen LogP contribution in [0.3, 0.4) is 0 Å². The SMILES string of the molecule is CC(C)n1c(C(=O)O)ccc1-c1cccc2ccccc12. The Morgan fingerprint density at radius 1 is 1.00 bits per heavy atom. The van der Waals surface area contributed by atoms with Crippen molar-refractivity contribution in [3.8, 4) is 11.3 Å². The summed E-state index contributed by atoms with van der Waals surface area (Å²) in [5.74, 6) is -0.893. The Morgan fingerprint density at radius 3 is 2.43 bits per heavy atom. The molecule has 2 aromatic carbocycles. The van der Waals surface area contributed by atoms with Gasteiger partial charge in [-0.3, -0.25) is 0 Å². The van der Waals surface area contributed by atoms with E-state index in [1.807, 2.05) is 48.7 Å². The van der Waals surface area contributed by atoms with Gasteiger partial charge in [0.25, 0.3) is 0 Å². The third-order valence-corrected chi connectivity index (χ3v) is 3.72. The molecule has 1 N–H and O–H groups in total. The Labute approximate surface area is 123 Å². The van der Waals surface area contributed by atoms with Crippen LogP contribution in [-0.2, 0) is 0 Å². The number of nitrogens with zero attached hydrogens (tertiary/aromatic N) is 1. The van der Waals surface area contributed by atoms with Crippen LogP contribution in [0.15, 0.2) is 54.6 Å². The number of carbonyl (C=O) groups is 1. The van der Waals surface area contributed by atoms with Gasteiger partial charge in [0.1, 0.15) is 5.69 Å². The summed E-state index contributed by atoms with van der Waals surface area (Å²) in [4.78, 5) is 11.4. The van der Waals surface area contributed by atoms with Crippen LogP contribution in [0.2, 0.25) is 0 Å². The number of rotatable bonds is 3. The molecule has 0 aliphatic rings. The van der Waals surface area contributed by atoms with Crippen LogP contribution in [-0.4, -0.2) is 15.6 Å². The van der Waals surface area contributed by atoms with Crippen molar-refractivity contribution in [3.63, 3.8) is 0 Å². The van der Waals surface area contributed by atoms with Gasteiger partial charge >= 0.3 is 5.97 Å². The molecule has 3 rings (SSSR count). The number of fused-ring (bicyclic) bond motifs is 1. The number of aromatic carboxylic acids is 1. The number of benzene rings is 2. The molecule has 106 valence electrons. The normalized spacial score (nSPS) is 11.2. The van der Waals surface area contributed by atoms with Crippen LogP contribution in [0.25, 0.3) is 22.0 Å². The molecule has 0 amide bonds. The van der Waals surface area contributed by atoms with Crippen LogP contribution in [0, 0.1) is 0 Å². The third-order valence-electron chi connectivity index (χ3n) is 3.72. The highest BCUT2D eigenvalue weighted by molar-refractivity contribution is 5.97. The van der Waals surface area contributed by atoms with Gasteiger partial charge in [0, 0.05) is 17.3 Å². The number of hydrogen-bond acceptors (Lipinski definition) is 1. The first kappa shape index (κ1) is 13.4. The summed E-state index contributed by atoms with van der Waals surface area (Å²) >= 11 is 0. The average molecular weight is 279 g/mol. The van der Waals surface area contributed by atoms with Gasteiger partial charge in [-0.05, 0) is 36.8 Å². The maximum atomic E-state index is 11.4. The molecule has 21 heavy (non-hydrogen) atoms. The Balaban J connectivity index is 2.31. The summed E-state index contributed by atoms with van der Waals surface area (Å²) in [6, 6.07) is 17.9.